The molecule has 8 heteroatoms. The molecule has 1 heterocycles. The summed E-state index contributed by atoms with van der Waals surface area (Å²) in [5.74, 6) is -0.362. The van der Waals surface area contributed by atoms with Crippen LogP contribution in [0.2, 0.25) is 0 Å². The van der Waals surface area contributed by atoms with Gasteiger partial charge in [-0.2, -0.15) is 0 Å². The standard InChI is InChI=1S/C23H31FN4O2S/c1-18-16-20(12-14-28(18)17-19-8-4-3-5-9-19)27-23(25-2)26-13-15-31(29,30)22-11-7-6-10-21(22)24/h3-11,18,20H,12-17H2,1-2H3,(H2,25,26,27). The van der Waals surface area contributed by atoms with E-state index in [0.29, 0.717) is 12.0 Å². The quantitative estimate of drug-likeness (QED) is 0.505. The number of hydrogen-bond donors (Lipinski definition) is 2. The Morgan fingerprint density at radius 2 is 1.87 bits per heavy atom. The van der Waals surface area contributed by atoms with Crippen molar-refractivity contribution in [3.05, 3.63) is 66.0 Å². The predicted molar refractivity (Wildman–Crippen MR) is 122 cm³/mol. The number of aliphatic imine (C=N–C) groups is 1. The largest absolute Gasteiger partial charge is 0.355 e. The van der Waals surface area contributed by atoms with Crippen LogP contribution < -0.4 is 10.6 Å². The molecule has 168 valence electrons. The Hall–Kier alpha value is -2.45. The van der Waals surface area contributed by atoms with E-state index in [1.165, 1.54) is 23.8 Å². The van der Waals surface area contributed by atoms with Crippen molar-refractivity contribution in [2.75, 3.05) is 25.9 Å². The number of nitrogens with zero attached hydrogens (tertiary/aromatic N) is 2. The van der Waals surface area contributed by atoms with Crippen LogP contribution in [0.3, 0.4) is 0 Å². The molecular weight excluding hydrogens is 415 g/mol. The summed E-state index contributed by atoms with van der Waals surface area (Å²) in [7, 11) is -2.04. The molecule has 0 saturated carbocycles. The van der Waals surface area contributed by atoms with Crippen LogP contribution >= 0.6 is 0 Å². The zero-order chi connectivity index (χ0) is 22.3. The molecule has 6 nitrogen and oxygen atoms in total. The minimum Gasteiger partial charge on any atom is -0.355 e. The molecule has 1 aliphatic rings. The number of rotatable bonds is 7. The number of sulfone groups is 1. The van der Waals surface area contributed by atoms with Gasteiger partial charge in [-0.3, -0.25) is 9.89 Å². The summed E-state index contributed by atoms with van der Waals surface area (Å²) < 4.78 is 38.6. The first-order valence-electron chi connectivity index (χ1n) is 10.6. The van der Waals surface area contributed by atoms with E-state index in [4.69, 9.17) is 0 Å². The van der Waals surface area contributed by atoms with Crippen LogP contribution in [-0.4, -0.2) is 57.3 Å². The lowest BCUT2D eigenvalue weighted by molar-refractivity contribution is 0.134. The summed E-state index contributed by atoms with van der Waals surface area (Å²) in [6.07, 6.45) is 1.95. The molecule has 0 spiro atoms. The highest BCUT2D eigenvalue weighted by molar-refractivity contribution is 7.91. The van der Waals surface area contributed by atoms with Crippen molar-refractivity contribution >= 4 is 15.8 Å². The molecule has 0 bridgehead atoms. The molecule has 2 atom stereocenters. The molecule has 1 saturated heterocycles. The minimum atomic E-state index is -3.70. The summed E-state index contributed by atoms with van der Waals surface area (Å²) in [4.78, 5) is 6.43. The molecule has 0 aliphatic carbocycles. The van der Waals surface area contributed by atoms with E-state index in [1.807, 2.05) is 6.07 Å². The van der Waals surface area contributed by atoms with Gasteiger partial charge in [-0.1, -0.05) is 42.5 Å². The van der Waals surface area contributed by atoms with Crippen LogP contribution in [0.15, 0.2) is 64.5 Å². The maximum Gasteiger partial charge on any atom is 0.191 e. The number of nitrogens with one attached hydrogen (secondary N) is 2. The number of likely N-dealkylation sites (tertiary alicyclic amines) is 1. The Bertz CT molecular complexity index is 982. The topological polar surface area (TPSA) is 73.8 Å². The molecule has 2 aromatic rings. The first kappa shape index (κ1) is 23.2. The molecule has 0 radical (unpaired) electrons. The number of benzene rings is 2. The molecule has 3 rings (SSSR count). The molecule has 31 heavy (non-hydrogen) atoms. The Labute approximate surface area is 184 Å². The molecule has 0 amide bonds. The third kappa shape index (κ3) is 6.51. The average molecular weight is 447 g/mol. The predicted octanol–water partition coefficient (Wildman–Crippen LogP) is 2.82. The van der Waals surface area contributed by atoms with Crippen molar-refractivity contribution in [3.63, 3.8) is 0 Å². The number of hydrogen-bond acceptors (Lipinski definition) is 4. The maximum absolute atomic E-state index is 13.8. The van der Waals surface area contributed by atoms with Crippen molar-refractivity contribution in [1.29, 1.82) is 0 Å². The van der Waals surface area contributed by atoms with E-state index in [0.717, 1.165) is 32.0 Å². The second-order valence-corrected chi connectivity index (χ2v) is 10.00. The minimum absolute atomic E-state index is 0.152. The smallest absolute Gasteiger partial charge is 0.191 e. The third-order valence-electron chi connectivity index (χ3n) is 5.64. The monoisotopic (exact) mass is 446 g/mol. The Morgan fingerprint density at radius 3 is 2.55 bits per heavy atom. The molecular formula is C23H31FN4O2S. The van der Waals surface area contributed by atoms with Crippen molar-refractivity contribution < 1.29 is 12.8 Å². The maximum atomic E-state index is 13.8. The van der Waals surface area contributed by atoms with Crippen LogP contribution in [0, 0.1) is 5.82 Å². The second-order valence-electron chi connectivity index (χ2n) is 7.92. The van der Waals surface area contributed by atoms with E-state index < -0.39 is 15.7 Å². The highest BCUT2D eigenvalue weighted by Gasteiger charge is 2.26. The fourth-order valence-corrected chi connectivity index (χ4v) is 5.15. The van der Waals surface area contributed by atoms with Gasteiger partial charge in [0.2, 0.25) is 0 Å². The van der Waals surface area contributed by atoms with Crippen LogP contribution in [0.1, 0.15) is 25.3 Å². The lowest BCUT2D eigenvalue weighted by Gasteiger charge is -2.38. The lowest BCUT2D eigenvalue weighted by Crippen LogP contribution is -2.51. The zero-order valence-electron chi connectivity index (χ0n) is 18.1. The van der Waals surface area contributed by atoms with E-state index >= 15 is 0 Å². The van der Waals surface area contributed by atoms with Gasteiger partial charge in [-0.25, -0.2) is 12.8 Å². The second kappa shape index (κ2) is 10.7. The van der Waals surface area contributed by atoms with Crippen LogP contribution in [0.25, 0.3) is 0 Å². The molecule has 1 fully saturated rings. The summed E-state index contributed by atoms with van der Waals surface area (Å²) >= 11 is 0. The Kier molecular flexibility index (Phi) is 8.03. The lowest BCUT2D eigenvalue weighted by atomic mass is 9.97. The van der Waals surface area contributed by atoms with Gasteiger partial charge in [-0.05, 0) is 37.5 Å². The summed E-state index contributed by atoms with van der Waals surface area (Å²) in [6, 6.07) is 16.6. The van der Waals surface area contributed by atoms with Crippen molar-refractivity contribution in [1.82, 2.24) is 15.5 Å². The van der Waals surface area contributed by atoms with Gasteiger partial charge in [0.05, 0.1) is 5.75 Å². The van der Waals surface area contributed by atoms with Crippen molar-refractivity contribution in [2.45, 2.75) is 43.3 Å². The van der Waals surface area contributed by atoms with Gasteiger partial charge in [0.25, 0.3) is 0 Å². The van der Waals surface area contributed by atoms with Crippen LogP contribution in [0.5, 0.6) is 0 Å². The number of guanidine groups is 1. The Morgan fingerprint density at radius 1 is 1.16 bits per heavy atom. The van der Waals surface area contributed by atoms with Gasteiger partial charge in [0, 0.05) is 38.8 Å². The normalized spacial score (nSPS) is 20.4. The summed E-state index contributed by atoms with van der Waals surface area (Å²) in [5, 5.41) is 6.45. The third-order valence-corrected chi connectivity index (χ3v) is 7.38. The molecule has 2 unspecified atom stereocenters. The molecule has 2 N–H and O–H groups in total. The fourth-order valence-electron chi connectivity index (χ4n) is 3.90. The first-order chi connectivity index (χ1) is 14.9. The van der Waals surface area contributed by atoms with Crippen LogP contribution in [0.4, 0.5) is 4.39 Å². The van der Waals surface area contributed by atoms with Gasteiger partial charge in [0.1, 0.15) is 10.7 Å². The zero-order valence-corrected chi connectivity index (χ0v) is 18.9. The number of halogens is 1. The highest BCUT2D eigenvalue weighted by Crippen LogP contribution is 2.20. The summed E-state index contributed by atoms with van der Waals surface area (Å²) in [5.41, 5.74) is 1.31. The fraction of sp³-hybridized carbons (Fsp3) is 0.435. The van der Waals surface area contributed by atoms with E-state index in [9.17, 15) is 12.8 Å². The van der Waals surface area contributed by atoms with E-state index in [2.05, 4.69) is 51.7 Å². The van der Waals surface area contributed by atoms with Crippen molar-refractivity contribution in [3.8, 4) is 0 Å². The van der Waals surface area contributed by atoms with Crippen molar-refractivity contribution in [2.24, 2.45) is 4.99 Å². The number of piperidine rings is 1. The highest BCUT2D eigenvalue weighted by atomic mass is 32.2. The van der Waals surface area contributed by atoms with E-state index in [1.54, 1.807) is 7.05 Å². The first-order valence-corrected chi connectivity index (χ1v) is 12.3. The van der Waals surface area contributed by atoms with Gasteiger partial charge in [-0.15, -0.1) is 0 Å². The van der Waals surface area contributed by atoms with Gasteiger partial charge < -0.3 is 10.6 Å². The average Bonchev–Trinajstić information content (AvgIpc) is 2.75. The van der Waals surface area contributed by atoms with Gasteiger partial charge >= 0.3 is 0 Å². The van der Waals surface area contributed by atoms with Gasteiger partial charge in [0.15, 0.2) is 15.8 Å². The molecule has 0 aromatic heterocycles. The van der Waals surface area contributed by atoms with E-state index in [-0.39, 0.29) is 23.2 Å². The SMILES string of the molecule is CN=C(NCCS(=O)(=O)c1ccccc1F)NC1CCN(Cc2ccccc2)C(C)C1. The van der Waals surface area contributed by atoms with Crippen LogP contribution in [-0.2, 0) is 16.4 Å². The molecule has 1 aliphatic heterocycles. The summed E-state index contributed by atoms with van der Waals surface area (Å²) in [6.45, 7) is 4.30. The molecule has 2 aromatic carbocycles. The Balaban J connectivity index is 1.47.